The van der Waals surface area contributed by atoms with Gasteiger partial charge in [-0.05, 0) is 43.2 Å². The normalized spacial score (nSPS) is 23.6. The van der Waals surface area contributed by atoms with Crippen molar-refractivity contribution >= 4 is 5.91 Å². The zero-order valence-corrected chi connectivity index (χ0v) is 12.3. The molecule has 0 spiro atoms. The van der Waals surface area contributed by atoms with Crippen LogP contribution in [-0.4, -0.2) is 24.4 Å². The second-order valence-electron chi connectivity index (χ2n) is 6.36. The summed E-state index contributed by atoms with van der Waals surface area (Å²) in [6, 6.07) is 8.78. The molecule has 1 saturated carbocycles. The van der Waals surface area contributed by atoms with Crippen molar-refractivity contribution in [3.05, 3.63) is 35.4 Å². The lowest BCUT2D eigenvalue weighted by Gasteiger charge is -2.44. The first-order valence-electron chi connectivity index (χ1n) is 7.73. The van der Waals surface area contributed by atoms with Crippen molar-refractivity contribution in [3.63, 3.8) is 0 Å². The number of nitrogens with two attached hydrogens (primary N) is 1. The van der Waals surface area contributed by atoms with Crippen LogP contribution in [0.3, 0.4) is 0 Å². The van der Waals surface area contributed by atoms with E-state index in [1.54, 1.807) is 0 Å². The number of nitrogens with zero attached hydrogens (tertiary/aromatic N) is 1. The quantitative estimate of drug-likeness (QED) is 0.919. The minimum absolute atomic E-state index is 0.233. The van der Waals surface area contributed by atoms with Crippen LogP contribution in [0.4, 0.5) is 0 Å². The number of rotatable bonds is 3. The smallest absolute Gasteiger partial charge is 0.230 e. The largest absolute Gasteiger partial charge is 0.338 e. The summed E-state index contributed by atoms with van der Waals surface area (Å²) in [5.74, 6) is 0.257. The summed E-state index contributed by atoms with van der Waals surface area (Å²) in [6.07, 6.45) is 6.42. The van der Waals surface area contributed by atoms with E-state index in [2.05, 4.69) is 24.3 Å². The molecule has 3 rings (SSSR count). The van der Waals surface area contributed by atoms with Gasteiger partial charge in [-0.25, -0.2) is 0 Å². The summed E-state index contributed by atoms with van der Waals surface area (Å²) >= 11 is 0. The van der Waals surface area contributed by atoms with Crippen LogP contribution in [0.2, 0.25) is 0 Å². The van der Waals surface area contributed by atoms with Gasteiger partial charge in [0.2, 0.25) is 5.91 Å². The molecule has 0 radical (unpaired) electrons. The first-order chi connectivity index (χ1) is 9.68. The molecule has 1 fully saturated rings. The molecule has 1 aromatic carbocycles. The van der Waals surface area contributed by atoms with Crippen LogP contribution in [0.25, 0.3) is 0 Å². The fraction of sp³-hybridized carbons (Fsp3) is 0.588. The van der Waals surface area contributed by atoms with E-state index in [-0.39, 0.29) is 17.4 Å². The number of aryl methyl sites for hydroxylation is 1. The Morgan fingerprint density at radius 3 is 2.75 bits per heavy atom. The van der Waals surface area contributed by atoms with Crippen molar-refractivity contribution in [1.82, 2.24) is 4.90 Å². The van der Waals surface area contributed by atoms with Gasteiger partial charge < -0.3 is 10.6 Å². The van der Waals surface area contributed by atoms with Gasteiger partial charge in [-0.2, -0.15) is 0 Å². The van der Waals surface area contributed by atoms with Gasteiger partial charge in [0.05, 0.1) is 11.5 Å². The molecule has 3 nitrogen and oxygen atoms in total. The van der Waals surface area contributed by atoms with Gasteiger partial charge in [0.15, 0.2) is 0 Å². The van der Waals surface area contributed by atoms with Gasteiger partial charge in [-0.1, -0.05) is 30.7 Å². The number of hydrogen-bond donors (Lipinski definition) is 1. The summed E-state index contributed by atoms with van der Waals surface area (Å²) < 4.78 is 0. The van der Waals surface area contributed by atoms with E-state index in [1.165, 1.54) is 11.1 Å². The van der Waals surface area contributed by atoms with Crippen LogP contribution >= 0.6 is 0 Å². The first kappa shape index (κ1) is 13.6. The molecule has 3 heteroatoms. The van der Waals surface area contributed by atoms with Gasteiger partial charge in [-0.15, -0.1) is 0 Å². The second kappa shape index (κ2) is 5.21. The van der Waals surface area contributed by atoms with Gasteiger partial charge in [0.1, 0.15) is 0 Å². The molecule has 1 amide bonds. The maximum Gasteiger partial charge on any atom is 0.230 e. The minimum Gasteiger partial charge on any atom is -0.338 e. The van der Waals surface area contributed by atoms with Crippen LogP contribution < -0.4 is 5.73 Å². The number of hydrogen-bond acceptors (Lipinski definition) is 2. The number of carbonyl (C=O) groups is 1. The maximum absolute atomic E-state index is 12.8. The maximum atomic E-state index is 12.8. The third-order valence-electron chi connectivity index (χ3n) is 5.28. The lowest BCUT2D eigenvalue weighted by atomic mass is 9.67. The highest BCUT2D eigenvalue weighted by atomic mass is 16.2. The van der Waals surface area contributed by atoms with Gasteiger partial charge in [0.25, 0.3) is 0 Å². The molecule has 2 aliphatic carbocycles. The van der Waals surface area contributed by atoms with Gasteiger partial charge >= 0.3 is 0 Å². The Balaban J connectivity index is 1.85. The Morgan fingerprint density at radius 1 is 1.35 bits per heavy atom. The zero-order valence-electron chi connectivity index (χ0n) is 12.3. The average Bonchev–Trinajstić information content (AvgIpc) is 2.45. The van der Waals surface area contributed by atoms with Crippen molar-refractivity contribution in [2.75, 3.05) is 13.6 Å². The fourth-order valence-electron chi connectivity index (χ4n) is 3.76. The third-order valence-corrected chi connectivity index (χ3v) is 5.28. The number of benzene rings is 1. The highest BCUT2D eigenvalue weighted by molar-refractivity contribution is 5.84. The van der Waals surface area contributed by atoms with E-state index in [0.29, 0.717) is 6.54 Å². The summed E-state index contributed by atoms with van der Waals surface area (Å²) in [5.41, 5.74) is 8.36. The van der Waals surface area contributed by atoms with Crippen LogP contribution in [0.5, 0.6) is 0 Å². The molecule has 1 unspecified atom stereocenters. The van der Waals surface area contributed by atoms with Crippen molar-refractivity contribution in [2.45, 2.75) is 44.6 Å². The number of carbonyl (C=O) groups excluding carboxylic acids is 1. The minimum atomic E-state index is -0.263. The molecule has 1 aromatic rings. The molecule has 2 aliphatic rings. The molecule has 0 saturated heterocycles. The van der Waals surface area contributed by atoms with Crippen molar-refractivity contribution in [1.29, 1.82) is 0 Å². The fourth-order valence-corrected chi connectivity index (χ4v) is 3.76. The number of amides is 1. The Bertz CT molecular complexity index is 502. The lowest BCUT2D eigenvalue weighted by molar-refractivity contribution is -0.148. The zero-order chi connectivity index (χ0) is 14.2. The monoisotopic (exact) mass is 272 g/mol. The standard InChI is InChI=1S/C17H24N2O/c1-19(16(20)17(12-18)10-5-11-17)15-9-4-7-13-6-2-3-8-14(13)15/h2-3,6,8,15H,4-5,7,9-12,18H2,1H3. The molecular weight excluding hydrogens is 248 g/mol. The Kier molecular flexibility index (Phi) is 3.55. The summed E-state index contributed by atoms with van der Waals surface area (Å²) in [7, 11) is 1.96. The van der Waals surface area contributed by atoms with E-state index in [1.807, 2.05) is 11.9 Å². The molecular formula is C17H24N2O. The predicted octanol–water partition coefficient (Wildman–Crippen LogP) is 2.65. The van der Waals surface area contributed by atoms with Crippen LogP contribution in [0.15, 0.2) is 24.3 Å². The molecule has 108 valence electrons. The van der Waals surface area contributed by atoms with E-state index in [4.69, 9.17) is 5.73 Å². The van der Waals surface area contributed by atoms with Gasteiger partial charge in [-0.3, -0.25) is 4.79 Å². The lowest BCUT2D eigenvalue weighted by Crippen LogP contribution is -2.51. The molecule has 0 heterocycles. The molecule has 20 heavy (non-hydrogen) atoms. The molecule has 0 aromatic heterocycles. The Labute approximate surface area is 121 Å². The predicted molar refractivity (Wildman–Crippen MR) is 80.2 cm³/mol. The van der Waals surface area contributed by atoms with Crippen LogP contribution in [-0.2, 0) is 11.2 Å². The summed E-state index contributed by atoms with van der Waals surface area (Å²) in [5, 5.41) is 0. The van der Waals surface area contributed by atoms with Crippen molar-refractivity contribution in [2.24, 2.45) is 11.1 Å². The van der Waals surface area contributed by atoms with Gasteiger partial charge in [0, 0.05) is 13.6 Å². The van der Waals surface area contributed by atoms with Crippen LogP contribution in [0, 0.1) is 5.41 Å². The second-order valence-corrected chi connectivity index (χ2v) is 6.36. The first-order valence-corrected chi connectivity index (χ1v) is 7.73. The van der Waals surface area contributed by atoms with Crippen LogP contribution in [0.1, 0.15) is 49.3 Å². The highest BCUT2D eigenvalue weighted by Crippen LogP contribution is 2.44. The average molecular weight is 272 g/mol. The van der Waals surface area contributed by atoms with E-state index >= 15 is 0 Å². The SMILES string of the molecule is CN(C(=O)C1(CN)CCC1)C1CCCc2ccccc21. The van der Waals surface area contributed by atoms with E-state index in [9.17, 15) is 4.79 Å². The Morgan fingerprint density at radius 2 is 2.10 bits per heavy atom. The molecule has 0 bridgehead atoms. The number of fused-ring (bicyclic) bond motifs is 1. The highest BCUT2D eigenvalue weighted by Gasteiger charge is 2.45. The molecule has 2 N–H and O–H groups in total. The molecule has 0 aliphatic heterocycles. The Hall–Kier alpha value is -1.35. The van der Waals surface area contributed by atoms with Crippen molar-refractivity contribution < 1.29 is 4.79 Å². The third kappa shape index (κ3) is 2.05. The topological polar surface area (TPSA) is 46.3 Å². The van der Waals surface area contributed by atoms with E-state index < -0.39 is 0 Å². The summed E-state index contributed by atoms with van der Waals surface area (Å²) in [6.45, 7) is 0.491. The van der Waals surface area contributed by atoms with E-state index in [0.717, 1.165) is 38.5 Å². The molecule has 1 atom stereocenters. The summed E-state index contributed by atoms with van der Waals surface area (Å²) in [4.78, 5) is 14.8. The van der Waals surface area contributed by atoms with Crippen molar-refractivity contribution in [3.8, 4) is 0 Å².